The van der Waals surface area contributed by atoms with Crippen LogP contribution in [0.15, 0.2) is 22.7 Å². The largest absolute Gasteiger partial charge is 0.496 e. The van der Waals surface area contributed by atoms with Crippen molar-refractivity contribution < 1.29 is 14.6 Å². The summed E-state index contributed by atoms with van der Waals surface area (Å²) in [4.78, 5) is 12.0. The van der Waals surface area contributed by atoms with E-state index < -0.39 is 5.60 Å². The van der Waals surface area contributed by atoms with Gasteiger partial charge in [-0.2, -0.15) is 0 Å². The Balaban J connectivity index is 1.98. The summed E-state index contributed by atoms with van der Waals surface area (Å²) in [6.07, 6.45) is 3.58. The maximum atomic E-state index is 12.0. The topological polar surface area (TPSA) is 58.6 Å². The number of amides is 1. The Labute approximate surface area is 121 Å². The van der Waals surface area contributed by atoms with Gasteiger partial charge in [-0.05, 0) is 47.0 Å². The summed E-state index contributed by atoms with van der Waals surface area (Å²) in [7, 11) is 1.58. The van der Waals surface area contributed by atoms with E-state index >= 15 is 0 Å². The molecule has 1 amide bonds. The lowest BCUT2D eigenvalue weighted by atomic mass is 10.0. The number of hydrogen-bond donors (Lipinski definition) is 2. The van der Waals surface area contributed by atoms with Gasteiger partial charge in [0.1, 0.15) is 5.75 Å². The van der Waals surface area contributed by atoms with Crippen LogP contribution in [0.2, 0.25) is 0 Å². The number of carbonyl (C=O) groups is 1. The van der Waals surface area contributed by atoms with E-state index in [4.69, 9.17) is 4.74 Å². The summed E-state index contributed by atoms with van der Waals surface area (Å²) in [6.45, 7) is 0.315. The normalized spacial score (nSPS) is 17.2. The Bertz CT molecular complexity index is 470. The van der Waals surface area contributed by atoms with Crippen LogP contribution in [0.3, 0.4) is 0 Å². The van der Waals surface area contributed by atoms with Crippen molar-refractivity contribution in [1.82, 2.24) is 5.32 Å². The number of nitrogens with one attached hydrogen (secondary N) is 1. The van der Waals surface area contributed by atoms with Crippen LogP contribution >= 0.6 is 15.9 Å². The average Bonchev–Trinajstić information content (AvgIpc) is 2.83. The average molecular weight is 328 g/mol. The number of rotatable bonds is 4. The lowest BCUT2D eigenvalue weighted by molar-refractivity contribution is 0.0449. The third-order valence-electron chi connectivity index (χ3n) is 3.53. The standard InChI is InChI=1S/C14H18BrNO3/c1-19-12-5-4-10(8-11(12)15)13(17)16-9-14(18)6-2-3-7-14/h4-5,8,18H,2-3,6-7,9H2,1H3,(H,16,17). The molecule has 5 heteroatoms. The molecule has 0 spiro atoms. The fourth-order valence-electron chi connectivity index (χ4n) is 2.36. The van der Waals surface area contributed by atoms with Crippen LogP contribution < -0.4 is 10.1 Å². The second kappa shape index (κ2) is 5.92. The van der Waals surface area contributed by atoms with Crippen LogP contribution in [-0.2, 0) is 0 Å². The summed E-state index contributed by atoms with van der Waals surface area (Å²) < 4.78 is 5.86. The Kier molecular flexibility index (Phi) is 4.47. The van der Waals surface area contributed by atoms with Crippen LogP contribution in [0.25, 0.3) is 0 Å². The lowest BCUT2D eigenvalue weighted by Gasteiger charge is -2.22. The molecule has 0 radical (unpaired) electrons. The smallest absolute Gasteiger partial charge is 0.251 e. The molecule has 2 N–H and O–H groups in total. The van der Waals surface area contributed by atoms with Crippen molar-refractivity contribution in [2.45, 2.75) is 31.3 Å². The van der Waals surface area contributed by atoms with Crippen LogP contribution in [-0.4, -0.2) is 30.3 Å². The van der Waals surface area contributed by atoms with E-state index in [2.05, 4.69) is 21.2 Å². The van der Waals surface area contributed by atoms with E-state index in [0.717, 1.165) is 30.2 Å². The minimum absolute atomic E-state index is 0.177. The van der Waals surface area contributed by atoms with Crippen molar-refractivity contribution in [1.29, 1.82) is 0 Å². The zero-order valence-corrected chi connectivity index (χ0v) is 12.5. The molecule has 19 heavy (non-hydrogen) atoms. The van der Waals surface area contributed by atoms with Gasteiger partial charge in [0, 0.05) is 12.1 Å². The molecular formula is C14H18BrNO3. The van der Waals surface area contributed by atoms with E-state index in [9.17, 15) is 9.90 Å². The van der Waals surface area contributed by atoms with Gasteiger partial charge in [0.15, 0.2) is 0 Å². The highest BCUT2D eigenvalue weighted by atomic mass is 79.9. The van der Waals surface area contributed by atoms with Crippen LogP contribution in [0.1, 0.15) is 36.0 Å². The number of methoxy groups -OCH3 is 1. The Morgan fingerprint density at radius 2 is 2.16 bits per heavy atom. The van der Waals surface area contributed by atoms with Crippen LogP contribution in [0.4, 0.5) is 0 Å². The first kappa shape index (κ1) is 14.3. The summed E-state index contributed by atoms with van der Waals surface area (Å²) in [5.41, 5.74) is -0.173. The second-order valence-electron chi connectivity index (χ2n) is 4.96. The van der Waals surface area contributed by atoms with Crippen molar-refractivity contribution in [2.75, 3.05) is 13.7 Å². The van der Waals surface area contributed by atoms with E-state index in [1.54, 1.807) is 25.3 Å². The summed E-state index contributed by atoms with van der Waals surface area (Å²) in [5, 5.41) is 13.0. The van der Waals surface area contributed by atoms with E-state index in [1.807, 2.05) is 0 Å². The molecule has 0 bridgehead atoms. The molecule has 2 rings (SSSR count). The van der Waals surface area contributed by atoms with E-state index in [0.29, 0.717) is 17.9 Å². The van der Waals surface area contributed by atoms with Gasteiger partial charge >= 0.3 is 0 Å². The first-order valence-corrected chi connectivity index (χ1v) is 7.17. The van der Waals surface area contributed by atoms with Gasteiger partial charge in [-0.3, -0.25) is 4.79 Å². The number of benzene rings is 1. The first-order valence-electron chi connectivity index (χ1n) is 6.38. The Morgan fingerprint density at radius 1 is 1.47 bits per heavy atom. The predicted molar refractivity (Wildman–Crippen MR) is 76.4 cm³/mol. The molecule has 0 unspecified atom stereocenters. The van der Waals surface area contributed by atoms with Gasteiger partial charge < -0.3 is 15.2 Å². The zero-order valence-electron chi connectivity index (χ0n) is 10.9. The monoisotopic (exact) mass is 327 g/mol. The molecule has 0 heterocycles. The third kappa shape index (κ3) is 3.48. The van der Waals surface area contributed by atoms with Gasteiger partial charge in [-0.15, -0.1) is 0 Å². The molecule has 0 atom stereocenters. The van der Waals surface area contributed by atoms with E-state index in [1.165, 1.54) is 0 Å². The van der Waals surface area contributed by atoms with Gasteiger partial charge in [-0.1, -0.05) is 12.8 Å². The maximum absolute atomic E-state index is 12.0. The van der Waals surface area contributed by atoms with Crippen molar-refractivity contribution >= 4 is 21.8 Å². The SMILES string of the molecule is COc1ccc(C(=O)NCC2(O)CCCC2)cc1Br. The maximum Gasteiger partial charge on any atom is 0.251 e. The highest BCUT2D eigenvalue weighted by Gasteiger charge is 2.31. The molecule has 1 aliphatic carbocycles. The third-order valence-corrected chi connectivity index (χ3v) is 4.15. The molecule has 1 aromatic rings. The summed E-state index contributed by atoms with van der Waals surface area (Å²) in [6, 6.07) is 5.16. The van der Waals surface area contributed by atoms with Crippen molar-refractivity contribution in [3.63, 3.8) is 0 Å². The quantitative estimate of drug-likeness (QED) is 0.893. The van der Waals surface area contributed by atoms with Gasteiger partial charge in [0.2, 0.25) is 0 Å². The Hall–Kier alpha value is -1.07. The molecule has 104 valence electrons. The molecule has 4 nitrogen and oxygen atoms in total. The summed E-state index contributed by atoms with van der Waals surface area (Å²) >= 11 is 3.35. The first-order chi connectivity index (χ1) is 9.04. The van der Waals surface area contributed by atoms with Gasteiger partial charge in [0.25, 0.3) is 5.91 Å². The molecule has 0 aliphatic heterocycles. The molecule has 1 aromatic carbocycles. The van der Waals surface area contributed by atoms with Crippen molar-refractivity contribution in [3.8, 4) is 5.75 Å². The van der Waals surface area contributed by atoms with Gasteiger partial charge in [-0.25, -0.2) is 0 Å². The fourth-order valence-corrected chi connectivity index (χ4v) is 2.91. The number of aliphatic hydroxyl groups is 1. The Morgan fingerprint density at radius 3 is 2.74 bits per heavy atom. The number of carbonyl (C=O) groups excluding carboxylic acids is 1. The van der Waals surface area contributed by atoms with Crippen molar-refractivity contribution in [2.24, 2.45) is 0 Å². The van der Waals surface area contributed by atoms with Crippen molar-refractivity contribution in [3.05, 3.63) is 28.2 Å². The molecular weight excluding hydrogens is 310 g/mol. The molecule has 1 aliphatic rings. The molecule has 1 saturated carbocycles. The fraction of sp³-hybridized carbons (Fsp3) is 0.500. The highest BCUT2D eigenvalue weighted by Crippen LogP contribution is 2.29. The minimum Gasteiger partial charge on any atom is -0.496 e. The van der Waals surface area contributed by atoms with Gasteiger partial charge in [0.05, 0.1) is 17.2 Å². The predicted octanol–water partition coefficient (Wildman–Crippen LogP) is 2.49. The lowest BCUT2D eigenvalue weighted by Crippen LogP contribution is -2.40. The second-order valence-corrected chi connectivity index (χ2v) is 5.82. The highest BCUT2D eigenvalue weighted by molar-refractivity contribution is 9.10. The van der Waals surface area contributed by atoms with Crippen LogP contribution in [0, 0.1) is 0 Å². The summed E-state index contributed by atoms with van der Waals surface area (Å²) in [5.74, 6) is 0.509. The number of ether oxygens (including phenoxy) is 1. The number of hydrogen-bond acceptors (Lipinski definition) is 3. The molecule has 0 saturated heterocycles. The minimum atomic E-state index is -0.723. The molecule has 1 fully saturated rings. The van der Waals surface area contributed by atoms with Crippen LogP contribution in [0.5, 0.6) is 5.75 Å². The van der Waals surface area contributed by atoms with E-state index in [-0.39, 0.29) is 5.91 Å². The number of halogens is 1. The zero-order chi connectivity index (χ0) is 13.9. The molecule has 0 aromatic heterocycles.